The number of hydrogen-bond donors (Lipinski definition) is 2. The summed E-state index contributed by atoms with van der Waals surface area (Å²) < 4.78 is 10.9. The van der Waals surface area contributed by atoms with E-state index in [1.807, 2.05) is 18.2 Å². The second-order valence-corrected chi connectivity index (χ2v) is 6.78. The van der Waals surface area contributed by atoms with Gasteiger partial charge in [0, 0.05) is 20.1 Å². The van der Waals surface area contributed by atoms with Gasteiger partial charge in [-0.1, -0.05) is 18.6 Å². The highest BCUT2D eigenvalue weighted by Crippen LogP contribution is 2.24. The van der Waals surface area contributed by atoms with Gasteiger partial charge in [0.25, 0.3) is 0 Å². The smallest absolute Gasteiger partial charge is 0.191 e. The van der Waals surface area contributed by atoms with Gasteiger partial charge in [-0.05, 0) is 55.8 Å². The first-order valence-electron chi connectivity index (χ1n) is 9.65. The summed E-state index contributed by atoms with van der Waals surface area (Å²) in [6.07, 6.45) is 5.58. The highest BCUT2D eigenvalue weighted by Gasteiger charge is 2.24. The minimum Gasteiger partial charge on any atom is -0.497 e. The fourth-order valence-electron chi connectivity index (χ4n) is 3.46. The Labute approximate surface area is 184 Å². The number of guanidine groups is 1. The van der Waals surface area contributed by atoms with Gasteiger partial charge in [-0.25, -0.2) is 0 Å². The van der Waals surface area contributed by atoms with Crippen LogP contribution in [0.1, 0.15) is 36.6 Å². The molecule has 2 aromatic rings. The Balaban J connectivity index is 0.00000280. The average molecular weight is 498 g/mol. The molecule has 28 heavy (non-hydrogen) atoms. The van der Waals surface area contributed by atoms with Gasteiger partial charge in [0.05, 0.1) is 19.4 Å². The largest absolute Gasteiger partial charge is 0.497 e. The first-order chi connectivity index (χ1) is 13.3. The Kier molecular flexibility index (Phi) is 9.63. The summed E-state index contributed by atoms with van der Waals surface area (Å²) in [4.78, 5) is 6.86. The SMILES string of the molecule is CN=C(NCc1ccc(OC)cc1)NCC(c1ccco1)N1CCCCC1.I. The molecule has 1 aliphatic heterocycles. The summed E-state index contributed by atoms with van der Waals surface area (Å²) in [7, 11) is 3.48. The molecule has 1 unspecified atom stereocenters. The van der Waals surface area contributed by atoms with E-state index in [2.05, 4.69) is 38.7 Å². The zero-order valence-corrected chi connectivity index (χ0v) is 19.0. The Hall–Kier alpha value is -1.74. The Morgan fingerprint density at radius 3 is 2.50 bits per heavy atom. The van der Waals surface area contributed by atoms with Crippen LogP contribution in [0.25, 0.3) is 0 Å². The molecule has 0 spiro atoms. The molecule has 6 nitrogen and oxygen atoms in total. The maximum absolute atomic E-state index is 5.71. The van der Waals surface area contributed by atoms with Gasteiger partial charge in [-0.15, -0.1) is 24.0 Å². The minimum absolute atomic E-state index is 0. The van der Waals surface area contributed by atoms with E-state index in [1.165, 1.54) is 24.8 Å². The number of ether oxygens (including phenoxy) is 1. The molecule has 0 amide bonds. The molecule has 0 bridgehead atoms. The molecule has 1 fully saturated rings. The van der Waals surface area contributed by atoms with E-state index < -0.39 is 0 Å². The average Bonchev–Trinajstić information content (AvgIpc) is 3.26. The van der Waals surface area contributed by atoms with E-state index in [1.54, 1.807) is 20.4 Å². The molecule has 154 valence electrons. The molecule has 3 rings (SSSR count). The molecule has 0 saturated carbocycles. The van der Waals surface area contributed by atoms with Crippen LogP contribution in [-0.2, 0) is 6.54 Å². The standard InChI is InChI=1S/C21H30N4O2.HI/c1-22-21(23-15-17-8-10-18(26-2)11-9-17)24-16-19(20-7-6-14-27-20)25-12-4-3-5-13-25;/h6-11,14,19H,3-5,12-13,15-16H2,1-2H3,(H2,22,23,24);1H. The molecule has 1 aliphatic rings. The number of furan rings is 1. The van der Waals surface area contributed by atoms with Gasteiger partial charge in [-0.3, -0.25) is 9.89 Å². The van der Waals surface area contributed by atoms with Crippen molar-refractivity contribution in [2.24, 2.45) is 4.99 Å². The third-order valence-electron chi connectivity index (χ3n) is 5.01. The quantitative estimate of drug-likeness (QED) is 0.346. The summed E-state index contributed by atoms with van der Waals surface area (Å²) in [5, 5.41) is 6.84. The van der Waals surface area contributed by atoms with Crippen LogP contribution in [0.2, 0.25) is 0 Å². The zero-order chi connectivity index (χ0) is 18.9. The third kappa shape index (κ3) is 6.41. The van der Waals surface area contributed by atoms with Gasteiger partial charge in [0.15, 0.2) is 5.96 Å². The number of benzene rings is 1. The predicted octanol–water partition coefficient (Wildman–Crippen LogP) is 3.80. The highest BCUT2D eigenvalue weighted by molar-refractivity contribution is 14.0. The van der Waals surface area contributed by atoms with Gasteiger partial charge in [-0.2, -0.15) is 0 Å². The minimum atomic E-state index is 0. The van der Waals surface area contributed by atoms with E-state index in [9.17, 15) is 0 Å². The number of nitrogens with zero attached hydrogens (tertiary/aromatic N) is 2. The van der Waals surface area contributed by atoms with Crippen molar-refractivity contribution in [1.29, 1.82) is 0 Å². The third-order valence-corrected chi connectivity index (χ3v) is 5.01. The first kappa shape index (κ1) is 22.5. The number of piperidine rings is 1. The number of methoxy groups -OCH3 is 1. The molecule has 7 heteroatoms. The summed E-state index contributed by atoms with van der Waals surface area (Å²) in [5.41, 5.74) is 1.18. The van der Waals surface area contributed by atoms with Crippen molar-refractivity contribution in [3.8, 4) is 5.75 Å². The first-order valence-corrected chi connectivity index (χ1v) is 9.65. The van der Waals surface area contributed by atoms with Gasteiger partial charge < -0.3 is 19.8 Å². The maximum Gasteiger partial charge on any atom is 0.191 e. The lowest BCUT2D eigenvalue weighted by molar-refractivity contribution is 0.146. The van der Waals surface area contributed by atoms with E-state index in [4.69, 9.17) is 9.15 Å². The fourth-order valence-corrected chi connectivity index (χ4v) is 3.46. The second-order valence-electron chi connectivity index (χ2n) is 6.78. The van der Waals surface area contributed by atoms with Crippen LogP contribution in [0, 0.1) is 0 Å². The molecule has 0 aliphatic carbocycles. The van der Waals surface area contributed by atoms with E-state index in [0.717, 1.165) is 37.1 Å². The van der Waals surface area contributed by atoms with Gasteiger partial charge >= 0.3 is 0 Å². The van der Waals surface area contributed by atoms with E-state index in [0.29, 0.717) is 6.54 Å². The second kappa shape index (κ2) is 12.0. The highest BCUT2D eigenvalue weighted by atomic mass is 127. The lowest BCUT2D eigenvalue weighted by atomic mass is 10.1. The van der Waals surface area contributed by atoms with Crippen LogP contribution in [0.15, 0.2) is 52.1 Å². The molecule has 1 saturated heterocycles. The molecular formula is C21H31IN4O2. The van der Waals surface area contributed by atoms with Gasteiger partial charge in [0.2, 0.25) is 0 Å². The Morgan fingerprint density at radius 2 is 1.89 bits per heavy atom. The topological polar surface area (TPSA) is 62.0 Å². The van der Waals surface area contributed by atoms with E-state index >= 15 is 0 Å². The van der Waals surface area contributed by atoms with Crippen LogP contribution in [0.5, 0.6) is 5.75 Å². The van der Waals surface area contributed by atoms with Gasteiger partial charge in [0.1, 0.15) is 11.5 Å². The number of halogens is 1. The summed E-state index contributed by atoms with van der Waals surface area (Å²) in [6.45, 7) is 3.70. The number of aliphatic imine (C=N–C) groups is 1. The molecule has 0 radical (unpaired) electrons. The van der Waals surface area contributed by atoms with Crippen molar-refractivity contribution in [3.63, 3.8) is 0 Å². The fraction of sp³-hybridized carbons (Fsp3) is 0.476. The molecule has 2 heterocycles. The van der Waals surface area contributed by atoms with Crippen LogP contribution in [-0.4, -0.2) is 44.7 Å². The summed E-state index contributed by atoms with van der Waals surface area (Å²) in [5.74, 6) is 2.67. The summed E-state index contributed by atoms with van der Waals surface area (Å²) in [6, 6.07) is 12.3. The van der Waals surface area contributed by atoms with Crippen molar-refractivity contribution >= 4 is 29.9 Å². The van der Waals surface area contributed by atoms with Crippen molar-refractivity contribution in [2.75, 3.05) is 33.8 Å². The number of rotatable bonds is 7. The molecule has 1 aromatic heterocycles. The lowest BCUT2D eigenvalue weighted by Gasteiger charge is -2.33. The lowest BCUT2D eigenvalue weighted by Crippen LogP contribution is -2.44. The maximum atomic E-state index is 5.71. The van der Waals surface area contributed by atoms with Crippen molar-refractivity contribution < 1.29 is 9.15 Å². The van der Waals surface area contributed by atoms with Crippen LogP contribution in [0.4, 0.5) is 0 Å². The molecule has 2 N–H and O–H groups in total. The van der Waals surface area contributed by atoms with Crippen LogP contribution >= 0.6 is 24.0 Å². The number of nitrogens with one attached hydrogen (secondary N) is 2. The molecule has 1 atom stereocenters. The monoisotopic (exact) mass is 498 g/mol. The Morgan fingerprint density at radius 1 is 1.14 bits per heavy atom. The Bertz CT molecular complexity index is 698. The van der Waals surface area contributed by atoms with Crippen LogP contribution < -0.4 is 15.4 Å². The van der Waals surface area contributed by atoms with Crippen LogP contribution in [0.3, 0.4) is 0 Å². The predicted molar refractivity (Wildman–Crippen MR) is 123 cm³/mol. The zero-order valence-electron chi connectivity index (χ0n) is 16.7. The summed E-state index contributed by atoms with van der Waals surface area (Å²) >= 11 is 0. The van der Waals surface area contributed by atoms with Crippen molar-refractivity contribution in [3.05, 3.63) is 54.0 Å². The number of hydrogen-bond acceptors (Lipinski definition) is 4. The normalized spacial score (nSPS) is 16.1. The van der Waals surface area contributed by atoms with E-state index in [-0.39, 0.29) is 30.0 Å². The number of likely N-dealkylation sites (tertiary alicyclic amines) is 1. The van der Waals surface area contributed by atoms with Crippen molar-refractivity contribution in [1.82, 2.24) is 15.5 Å². The van der Waals surface area contributed by atoms with Crippen molar-refractivity contribution in [2.45, 2.75) is 31.8 Å². The molecular weight excluding hydrogens is 467 g/mol. The molecule has 1 aromatic carbocycles.